The number of carbonyl (C=O) groups is 1. The van der Waals surface area contributed by atoms with Crippen molar-refractivity contribution < 1.29 is 14.3 Å². The molecule has 0 saturated carbocycles. The minimum atomic E-state index is -0.801. The van der Waals surface area contributed by atoms with Crippen LogP contribution in [0.15, 0.2) is 158 Å². The lowest BCUT2D eigenvalue weighted by molar-refractivity contribution is 0.152. The third-order valence-electron chi connectivity index (χ3n) is 6.73. The van der Waals surface area contributed by atoms with Crippen LogP contribution in [0.25, 0.3) is 44.5 Å². The van der Waals surface area contributed by atoms with E-state index in [4.69, 9.17) is 9.47 Å². The minimum absolute atomic E-state index is 0.429. The van der Waals surface area contributed by atoms with Gasteiger partial charge in [0.1, 0.15) is 11.5 Å². The molecular weight excluding hydrogens is 492 g/mol. The van der Waals surface area contributed by atoms with Gasteiger partial charge in [-0.2, -0.15) is 0 Å². The largest absolute Gasteiger partial charge is 0.519 e. The number of carbonyl (C=O) groups excluding carboxylic acids is 1. The zero-order valence-corrected chi connectivity index (χ0v) is 21.7. The molecule has 3 heteroatoms. The van der Waals surface area contributed by atoms with Crippen LogP contribution in [-0.2, 0) is 0 Å². The molecule has 192 valence electrons. The monoisotopic (exact) mass is 518 g/mol. The van der Waals surface area contributed by atoms with E-state index in [0.29, 0.717) is 11.5 Å². The van der Waals surface area contributed by atoms with Gasteiger partial charge in [0.15, 0.2) is 0 Å². The van der Waals surface area contributed by atoms with Gasteiger partial charge in [-0.3, -0.25) is 0 Å². The molecule has 0 aliphatic rings. The van der Waals surface area contributed by atoms with Crippen molar-refractivity contribution in [1.82, 2.24) is 0 Å². The second-order valence-corrected chi connectivity index (χ2v) is 9.28. The fraction of sp³-hybridized carbons (Fsp3) is 0. The Bertz CT molecular complexity index is 1600. The van der Waals surface area contributed by atoms with Crippen LogP contribution in [0.3, 0.4) is 0 Å². The zero-order valence-electron chi connectivity index (χ0n) is 21.7. The average molecular weight is 519 g/mol. The smallest absolute Gasteiger partial charge is 0.394 e. The molecule has 40 heavy (non-hydrogen) atoms. The summed E-state index contributed by atoms with van der Waals surface area (Å²) in [5.41, 5.74) is 7.53. The summed E-state index contributed by atoms with van der Waals surface area (Å²) in [6.07, 6.45) is -0.801. The van der Waals surface area contributed by atoms with Crippen molar-refractivity contribution in [2.24, 2.45) is 0 Å². The first-order valence-electron chi connectivity index (χ1n) is 13.2. The number of hydrogen-bond donors (Lipinski definition) is 0. The van der Waals surface area contributed by atoms with Crippen molar-refractivity contribution in [2.45, 2.75) is 0 Å². The van der Waals surface area contributed by atoms with Gasteiger partial charge in [-0.15, -0.1) is 0 Å². The van der Waals surface area contributed by atoms with Crippen LogP contribution in [0, 0.1) is 0 Å². The first kappa shape index (κ1) is 24.9. The highest BCUT2D eigenvalue weighted by Crippen LogP contribution is 2.41. The van der Waals surface area contributed by atoms with E-state index < -0.39 is 6.16 Å². The molecule has 0 aliphatic heterocycles. The number of hydrogen-bond acceptors (Lipinski definition) is 3. The maximum Gasteiger partial charge on any atom is 0.519 e. The van der Waals surface area contributed by atoms with Crippen molar-refractivity contribution in [3.8, 4) is 56.0 Å². The summed E-state index contributed by atoms with van der Waals surface area (Å²) in [7, 11) is 0. The maximum absolute atomic E-state index is 13.4. The van der Waals surface area contributed by atoms with E-state index >= 15 is 0 Å². The molecule has 0 unspecified atom stereocenters. The highest BCUT2D eigenvalue weighted by atomic mass is 16.7. The van der Waals surface area contributed by atoms with E-state index in [2.05, 4.69) is 0 Å². The number of rotatable bonds is 6. The molecule has 6 aromatic carbocycles. The fourth-order valence-corrected chi connectivity index (χ4v) is 4.95. The van der Waals surface area contributed by atoms with E-state index in [9.17, 15) is 4.79 Å². The number of ether oxygens (including phenoxy) is 2. The Morgan fingerprint density at radius 1 is 0.350 bits per heavy atom. The lowest BCUT2D eigenvalue weighted by Gasteiger charge is -2.17. The van der Waals surface area contributed by atoms with Crippen LogP contribution in [0.1, 0.15) is 0 Å². The maximum atomic E-state index is 13.4. The molecular formula is C37H26O3. The molecule has 0 N–H and O–H groups in total. The van der Waals surface area contributed by atoms with E-state index in [1.54, 1.807) is 12.1 Å². The van der Waals surface area contributed by atoms with Crippen LogP contribution < -0.4 is 9.47 Å². The average Bonchev–Trinajstić information content (AvgIpc) is 3.02. The van der Waals surface area contributed by atoms with Crippen LogP contribution in [0.5, 0.6) is 11.5 Å². The third kappa shape index (κ3) is 5.27. The summed E-state index contributed by atoms with van der Waals surface area (Å²) in [5, 5.41) is 0. The Hall–Kier alpha value is -5.41. The van der Waals surface area contributed by atoms with E-state index in [1.807, 2.05) is 146 Å². The van der Waals surface area contributed by atoms with Gasteiger partial charge in [-0.05, 0) is 45.5 Å². The van der Waals surface area contributed by atoms with Gasteiger partial charge in [0.05, 0.1) is 0 Å². The quantitative estimate of drug-likeness (QED) is 0.163. The van der Waals surface area contributed by atoms with E-state index in [-0.39, 0.29) is 0 Å². The molecule has 6 rings (SSSR count). The Morgan fingerprint density at radius 2 is 0.675 bits per heavy atom. The lowest BCUT2D eigenvalue weighted by atomic mass is 9.93. The molecule has 0 aromatic heterocycles. The SMILES string of the molecule is O=C(Oc1cccc(-c2ccccc2)c1-c1ccccc1)Oc1cccc(-c2ccccc2)c1-c1ccccc1. The Balaban J connectivity index is 1.40. The lowest BCUT2D eigenvalue weighted by Crippen LogP contribution is -2.15. The summed E-state index contributed by atoms with van der Waals surface area (Å²) in [4.78, 5) is 13.4. The van der Waals surface area contributed by atoms with Crippen molar-refractivity contribution in [2.75, 3.05) is 0 Å². The molecule has 0 bridgehead atoms. The number of benzene rings is 6. The fourth-order valence-electron chi connectivity index (χ4n) is 4.95. The predicted octanol–water partition coefficient (Wildman–Crippen LogP) is 9.93. The molecule has 0 aliphatic carbocycles. The van der Waals surface area contributed by atoms with Crippen molar-refractivity contribution in [3.63, 3.8) is 0 Å². The molecule has 0 amide bonds. The van der Waals surface area contributed by atoms with Gasteiger partial charge < -0.3 is 9.47 Å². The molecule has 0 spiro atoms. The van der Waals surface area contributed by atoms with Crippen molar-refractivity contribution >= 4 is 6.16 Å². The topological polar surface area (TPSA) is 35.5 Å². The summed E-state index contributed by atoms with van der Waals surface area (Å²) < 4.78 is 11.9. The van der Waals surface area contributed by atoms with E-state index in [0.717, 1.165) is 44.5 Å². The normalized spacial score (nSPS) is 10.6. The molecule has 0 heterocycles. The molecule has 3 nitrogen and oxygen atoms in total. The van der Waals surface area contributed by atoms with Gasteiger partial charge in [0.25, 0.3) is 0 Å². The zero-order chi connectivity index (χ0) is 27.1. The molecule has 0 radical (unpaired) electrons. The first-order valence-corrected chi connectivity index (χ1v) is 13.2. The summed E-state index contributed by atoms with van der Waals surface area (Å²) in [6.45, 7) is 0. The van der Waals surface area contributed by atoms with Crippen LogP contribution >= 0.6 is 0 Å². The molecule has 0 fully saturated rings. The second-order valence-electron chi connectivity index (χ2n) is 9.28. The molecule has 0 saturated heterocycles. The van der Waals surface area contributed by atoms with Crippen molar-refractivity contribution in [1.29, 1.82) is 0 Å². The summed E-state index contributed by atoms with van der Waals surface area (Å²) in [5.74, 6) is 0.857. The summed E-state index contributed by atoms with van der Waals surface area (Å²) in [6, 6.07) is 51.5. The predicted molar refractivity (Wildman–Crippen MR) is 161 cm³/mol. The Labute approximate surface area is 233 Å². The standard InChI is InChI=1S/C37H26O3/c38-37(39-33-25-13-23-31(27-15-5-1-6-16-27)35(33)29-19-9-3-10-20-29)40-34-26-14-24-32(28-17-7-2-8-18-28)36(34)30-21-11-4-12-22-30/h1-26H. The van der Waals surface area contributed by atoms with Gasteiger partial charge >= 0.3 is 6.16 Å². The first-order chi connectivity index (χ1) is 19.8. The highest BCUT2D eigenvalue weighted by molar-refractivity contribution is 5.91. The van der Waals surface area contributed by atoms with Crippen LogP contribution in [0.2, 0.25) is 0 Å². The van der Waals surface area contributed by atoms with Gasteiger partial charge in [0, 0.05) is 11.1 Å². The highest BCUT2D eigenvalue weighted by Gasteiger charge is 2.20. The molecule has 0 atom stereocenters. The second kappa shape index (κ2) is 11.5. The third-order valence-corrected chi connectivity index (χ3v) is 6.73. The molecule has 6 aromatic rings. The van der Waals surface area contributed by atoms with Gasteiger partial charge in [-0.1, -0.05) is 146 Å². The summed E-state index contributed by atoms with van der Waals surface area (Å²) >= 11 is 0. The van der Waals surface area contributed by atoms with Gasteiger partial charge in [0.2, 0.25) is 0 Å². The van der Waals surface area contributed by atoms with E-state index in [1.165, 1.54) is 0 Å². The Morgan fingerprint density at radius 3 is 1.02 bits per heavy atom. The minimum Gasteiger partial charge on any atom is -0.394 e. The van der Waals surface area contributed by atoms with Crippen LogP contribution in [-0.4, -0.2) is 6.16 Å². The van der Waals surface area contributed by atoms with Crippen LogP contribution in [0.4, 0.5) is 4.79 Å². The Kier molecular flexibility index (Phi) is 7.19. The van der Waals surface area contributed by atoms with Gasteiger partial charge in [-0.25, -0.2) is 4.79 Å². The van der Waals surface area contributed by atoms with Crippen molar-refractivity contribution in [3.05, 3.63) is 158 Å².